The molecule has 0 fully saturated rings. The first-order valence-corrected chi connectivity index (χ1v) is 8.86. The first-order chi connectivity index (χ1) is 12.2. The van der Waals surface area contributed by atoms with Crippen molar-refractivity contribution >= 4 is 32.4 Å². The van der Waals surface area contributed by atoms with Gasteiger partial charge in [-0.25, -0.2) is 13.4 Å². The molecule has 0 saturated heterocycles. The predicted octanol–water partition coefficient (Wildman–Crippen LogP) is 1.99. The summed E-state index contributed by atoms with van der Waals surface area (Å²) in [6, 6.07) is 5.03. The molecular weight excluding hydrogens is 362 g/mol. The average Bonchev–Trinajstić information content (AvgIpc) is 2.87. The van der Waals surface area contributed by atoms with Gasteiger partial charge in [-0.15, -0.1) is 0 Å². The van der Waals surface area contributed by atoms with Crippen molar-refractivity contribution in [3.05, 3.63) is 46.3 Å². The molecule has 11 heteroatoms. The third kappa shape index (κ3) is 3.04. The van der Waals surface area contributed by atoms with Crippen molar-refractivity contribution < 1.29 is 18.1 Å². The minimum absolute atomic E-state index is 0.0250. The number of methoxy groups -OCH3 is 1. The second-order valence-corrected chi connectivity index (χ2v) is 7.18. The Labute approximate surface area is 148 Å². The van der Waals surface area contributed by atoms with Crippen LogP contribution in [-0.4, -0.2) is 35.2 Å². The largest absolute Gasteiger partial charge is 0.490 e. The molecule has 0 unspecified atom stereocenters. The van der Waals surface area contributed by atoms with E-state index in [0.717, 1.165) is 6.07 Å². The molecule has 0 bridgehead atoms. The van der Waals surface area contributed by atoms with Gasteiger partial charge >= 0.3 is 5.69 Å². The normalized spacial score (nSPS) is 11.5. The van der Waals surface area contributed by atoms with Crippen molar-refractivity contribution in [3.8, 4) is 5.75 Å². The number of nitrogens with one attached hydrogen (secondary N) is 1. The van der Waals surface area contributed by atoms with Crippen molar-refractivity contribution in [1.29, 1.82) is 0 Å². The first kappa shape index (κ1) is 17.6. The van der Waals surface area contributed by atoms with E-state index in [2.05, 4.69) is 14.8 Å². The summed E-state index contributed by atoms with van der Waals surface area (Å²) in [5, 5.41) is 16.0. The van der Waals surface area contributed by atoms with Gasteiger partial charge in [0.25, 0.3) is 10.0 Å². The number of benzene rings is 1. The Kier molecular flexibility index (Phi) is 4.24. The Hall–Kier alpha value is -3.21. The first-order valence-electron chi connectivity index (χ1n) is 7.37. The summed E-state index contributed by atoms with van der Waals surface area (Å²) in [7, 11) is -1.04. The zero-order chi connectivity index (χ0) is 19.1. The fourth-order valence-electron chi connectivity index (χ4n) is 2.56. The molecule has 10 nitrogen and oxygen atoms in total. The van der Waals surface area contributed by atoms with Crippen LogP contribution in [0.2, 0.25) is 0 Å². The number of aryl methyl sites for hydroxylation is 2. The van der Waals surface area contributed by atoms with Crippen LogP contribution in [0.1, 0.15) is 5.69 Å². The molecule has 0 atom stereocenters. The highest BCUT2D eigenvalue weighted by Gasteiger charge is 2.22. The molecule has 0 aliphatic heterocycles. The summed E-state index contributed by atoms with van der Waals surface area (Å²) in [5.74, 6) is -0.0250. The van der Waals surface area contributed by atoms with Crippen LogP contribution in [-0.2, 0) is 17.1 Å². The van der Waals surface area contributed by atoms with Crippen LogP contribution in [0.4, 0.5) is 11.4 Å². The highest BCUT2D eigenvalue weighted by Crippen LogP contribution is 2.30. The summed E-state index contributed by atoms with van der Waals surface area (Å²) < 4.78 is 34.0. The Morgan fingerprint density at radius 3 is 2.69 bits per heavy atom. The quantitative estimate of drug-likeness (QED) is 0.531. The van der Waals surface area contributed by atoms with E-state index in [-0.39, 0.29) is 16.3 Å². The van der Waals surface area contributed by atoms with Gasteiger partial charge < -0.3 is 4.74 Å². The summed E-state index contributed by atoms with van der Waals surface area (Å²) >= 11 is 0. The maximum absolute atomic E-state index is 12.6. The van der Waals surface area contributed by atoms with Gasteiger partial charge in [0.15, 0.2) is 11.4 Å². The second-order valence-electron chi connectivity index (χ2n) is 5.50. The van der Waals surface area contributed by atoms with Crippen molar-refractivity contribution in [2.24, 2.45) is 7.05 Å². The van der Waals surface area contributed by atoms with E-state index in [4.69, 9.17) is 4.74 Å². The van der Waals surface area contributed by atoms with E-state index in [1.54, 1.807) is 24.7 Å². The number of fused-ring (bicyclic) bond motifs is 1. The van der Waals surface area contributed by atoms with Crippen LogP contribution in [0.3, 0.4) is 0 Å². The molecule has 0 spiro atoms. The summed E-state index contributed by atoms with van der Waals surface area (Å²) in [6.45, 7) is 1.79. The van der Waals surface area contributed by atoms with E-state index in [9.17, 15) is 18.5 Å². The number of pyridine rings is 1. The van der Waals surface area contributed by atoms with Crippen LogP contribution in [0.15, 0.2) is 35.4 Å². The molecule has 0 saturated carbocycles. The Bertz CT molecular complexity index is 1120. The summed E-state index contributed by atoms with van der Waals surface area (Å²) in [6.07, 6.45) is 1.36. The van der Waals surface area contributed by atoms with E-state index >= 15 is 0 Å². The van der Waals surface area contributed by atoms with Crippen LogP contribution < -0.4 is 9.46 Å². The van der Waals surface area contributed by atoms with Gasteiger partial charge in [0.05, 0.1) is 34.5 Å². The van der Waals surface area contributed by atoms with E-state index in [1.165, 1.54) is 25.4 Å². The number of nitrogens with zero attached hydrogens (tertiary/aromatic N) is 4. The topological polar surface area (TPSA) is 129 Å². The Balaban J connectivity index is 2.00. The van der Waals surface area contributed by atoms with Crippen molar-refractivity contribution in [2.75, 3.05) is 11.8 Å². The SMILES string of the molecule is COc1ccc(S(=O)(=O)Nc2cnc3c(c2)c(C)nn3C)cc1[N+](=O)[O-]. The van der Waals surface area contributed by atoms with Crippen LogP contribution in [0, 0.1) is 17.0 Å². The zero-order valence-electron chi connectivity index (χ0n) is 14.1. The molecule has 1 N–H and O–H groups in total. The lowest BCUT2D eigenvalue weighted by molar-refractivity contribution is -0.386. The lowest BCUT2D eigenvalue weighted by atomic mass is 10.3. The molecule has 0 aliphatic carbocycles. The smallest absolute Gasteiger partial charge is 0.312 e. The van der Waals surface area contributed by atoms with Gasteiger partial charge in [-0.3, -0.25) is 19.5 Å². The van der Waals surface area contributed by atoms with Gasteiger partial charge in [0.1, 0.15) is 0 Å². The van der Waals surface area contributed by atoms with Crippen molar-refractivity contribution in [3.63, 3.8) is 0 Å². The molecule has 2 aromatic heterocycles. The van der Waals surface area contributed by atoms with Gasteiger partial charge in [-0.2, -0.15) is 5.10 Å². The lowest BCUT2D eigenvalue weighted by Gasteiger charge is -2.09. The van der Waals surface area contributed by atoms with E-state index in [1.807, 2.05) is 0 Å². The number of nitro groups is 1. The highest BCUT2D eigenvalue weighted by molar-refractivity contribution is 7.92. The summed E-state index contributed by atoms with van der Waals surface area (Å²) in [4.78, 5) is 14.3. The maximum atomic E-state index is 12.6. The molecular formula is C15H15N5O5S. The fourth-order valence-corrected chi connectivity index (χ4v) is 3.61. The molecule has 3 rings (SSSR count). The predicted molar refractivity (Wildman–Crippen MR) is 93.7 cm³/mol. The number of anilines is 1. The van der Waals surface area contributed by atoms with Crippen LogP contribution in [0.25, 0.3) is 11.0 Å². The van der Waals surface area contributed by atoms with E-state index < -0.39 is 20.6 Å². The average molecular weight is 377 g/mol. The minimum Gasteiger partial charge on any atom is -0.490 e. The molecule has 1 aromatic carbocycles. The maximum Gasteiger partial charge on any atom is 0.312 e. The van der Waals surface area contributed by atoms with Gasteiger partial charge in [0.2, 0.25) is 0 Å². The molecule has 26 heavy (non-hydrogen) atoms. The standard InChI is InChI=1S/C15H15N5O5S/c1-9-12-6-10(8-16-15(12)19(2)17-9)18-26(23,24)11-4-5-14(25-3)13(7-11)20(21)22/h4-8,18H,1-3H3. The van der Waals surface area contributed by atoms with Gasteiger partial charge in [0, 0.05) is 18.5 Å². The lowest BCUT2D eigenvalue weighted by Crippen LogP contribution is -2.13. The Morgan fingerprint density at radius 1 is 1.31 bits per heavy atom. The third-order valence-corrected chi connectivity index (χ3v) is 5.15. The number of nitro benzene ring substituents is 1. The molecule has 0 aliphatic rings. The minimum atomic E-state index is -4.05. The Morgan fingerprint density at radius 2 is 2.04 bits per heavy atom. The molecule has 0 radical (unpaired) electrons. The summed E-state index contributed by atoms with van der Waals surface area (Å²) in [5.41, 5.74) is 1.11. The number of ether oxygens (including phenoxy) is 1. The van der Waals surface area contributed by atoms with Crippen molar-refractivity contribution in [1.82, 2.24) is 14.8 Å². The van der Waals surface area contributed by atoms with Crippen LogP contribution >= 0.6 is 0 Å². The zero-order valence-corrected chi connectivity index (χ0v) is 14.9. The molecule has 136 valence electrons. The highest BCUT2D eigenvalue weighted by atomic mass is 32.2. The molecule has 0 amide bonds. The van der Waals surface area contributed by atoms with E-state index in [0.29, 0.717) is 16.7 Å². The third-order valence-electron chi connectivity index (χ3n) is 3.77. The van der Waals surface area contributed by atoms with Crippen molar-refractivity contribution in [2.45, 2.75) is 11.8 Å². The molecule has 3 aromatic rings. The monoisotopic (exact) mass is 377 g/mol. The number of sulfonamides is 1. The van der Waals surface area contributed by atoms with Gasteiger partial charge in [-0.1, -0.05) is 0 Å². The number of hydrogen-bond donors (Lipinski definition) is 1. The number of hydrogen-bond acceptors (Lipinski definition) is 7. The fraction of sp³-hybridized carbons (Fsp3) is 0.200. The van der Waals surface area contributed by atoms with Gasteiger partial charge in [-0.05, 0) is 25.1 Å². The number of rotatable bonds is 5. The molecule has 2 heterocycles. The second kappa shape index (κ2) is 6.26. The number of aromatic nitrogens is 3. The van der Waals surface area contributed by atoms with Crippen LogP contribution in [0.5, 0.6) is 5.75 Å².